The quantitative estimate of drug-likeness (QED) is 0.721. The molecular formula is C12H17NOS. The second-order valence-corrected chi connectivity index (χ2v) is 5.41. The molecule has 1 fully saturated rings. The van der Waals surface area contributed by atoms with Gasteiger partial charge in [0.25, 0.3) is 0 Å². The van der Waals surface area contributed by atoms with Crippen molar-refractivity contribution in [2.24, 2.45) is 0 Å². The molecule has 15 heavy (non-hydrogen) atoms. The molecule has 0 N–H and O–H groups in total. The number of morpholine rings is 1. The van der Waals surface area contributed by atoms with Crippen molar-refractivity contribution < 1.29 is 4.74 Å². The first-order valence-electron chi connectivity index (χ1n) is 5.80. The number of nitrogens with zero attached hydrogens (tertiary/aromatic N) is 1. The molecule has 3 rings (SSSR count). The number of ether oxygens (including phenoxy) is 1. The van der Waals surface area contributed by atoms with Crippen molar-refractivity contribution in [3.05, 3.63) is 21.9 Å². The Morgan fingerprint density at radius 2 is 2.20 bits per heavy atom. The van der Waals surface area contributed by atoms with Gasteiger partial charge in [-0.25, -0.2) is 0 Å². The third kappa shape index (κ3) is 1.96. The standard InChI is InChI=1S/C12H17NOS/c1-2-12-10(3-8-15-12)9-11(1)13-4-6-14-7-5-13/h3,8,11H,1-2,4-7,9H2. The summed E-state index contributed by atoms with van der Waals surface area (Å²) in [6, 6.07) is 3.09. The Labute approximate surface area is 94.9 Å². The van der Waals surface area contributed by atoms with Gasteiger partial charge in [-0.2, -0.15) is 0 Å². The lowest BCUT2D eigenvalue weighted by Gasteiger charge is -2.36. The number of aryl methyl sites for hydroxylation is 1. The van der Waals surface area contributed by atoms with E-state index >= 15 is 0 Å². The zero-order valence-electron chi connectivity index (χ0n) is 8.95. The van der Waals surface area contributed by atoms with Gasteiger partial charge in [0.15, 0.2) is 0 Å². The number of rotatable bonds is 1. The summed E-state index contributed by atoms with van der Waals surface area (Å²) in [6.45, 7) is 4.11. The number of hydrogen-bond donors (Lipinski definition) is 0. The molecule has 1 atom stereocenters. The van der Waals surface area contributed by atoms with Crippen LogP contribution in [0.25, 0.3) is 0 Å². The van der Waals surface area contributed by atoms with Gasteiger partial charge < -0.3 is 4.74 Å². The van der Waals surface area contributed by atoms with Crippen molar-refractivity contribution in [2.75, 3.05) is 26.3 Å². The molecule has 1 unspecified atom stereocenters. The van der Waals surface area contributed by atoms with Crippen LogP contribution in [0.3, 0.4) is 0 Å². The van der Waals surface area contributed by atoms with Gasteiger partial charge in [-0.3, -0.25) is 4.90 Å². The third-order valence-electron chi connectivity index (χ3n) is 3.56. The van der Waals surface area contributed by atoms with Crippen LogP contribution in [-0.4, -0.2) is 37.2 Å². The summed E-state index contributed by atoms with van der Waals surface area (Å²) < 4.78 is 5.41. The Morgan fingerprint density at radius 1 is 1.33 bits per heavy atom. The average Bonchev–Trinajstić information content (AvgIpc) is 2.77. The summed E-state index contributed by atoms with van der Waals surface area (Å²) in [4.78, 5) is 4.24. The molecule has 2 aliphatic rings. The van der Waals surface area contributed by atoms with Gasteiger partial charge in [0, 0.05) is 24.0 Å². The van der Waals surface area contributed by atoms with Crippen LogP contribution in [0.2, 0.25) is 0 Å². The van der Waals surface area contributed by atoms with Crippen LogP contribution in [0.4, 0.5) is 0 Å². The molecule has 1 aliphatic carbocycles. The molecule has 0 bridgehead atoms. The van der Waals surface area contributed by atoms with E-state index in [1.807, 2.05) is 11.3 Å². The van der Waals surface area contributed by atoms with E-state index in [9.17, 15) is 0 Å². The van der Waals surface area contributed by atoms with Crippen LogP contribution in [0.1, 0.15) is 16.9 Å². The third-order valence-corrected chi connectivity index (χ3v) is 4.58. The van der Waals surface area contributed by atoms with Gasteiger partial charge in [0.2, 0.25) is 0 Å². The van der Waals surface area contributed by atoms with Gasteiger partial charge in [-0.1, -0.05) is 0 Å². The molecule has 0 aromatic carbocycles. The minimum atomic E-state index is 0.774. The van der Waals surface area contributed by atoms with E-state index in [0.717, 1.165) is 32.3 Å². The Hall–Kier alpha value is -0.380. The number of thiophene rings is 1. The van der Waals surface area contributed by atoms with E-state index < -0.39 is 0 Å². The molecule has 0 saturated carbocycles. The Morgan fingerprint density at radius 3 is 3.07 bits per heavy atom. The van der Waals surface area contributed by atoms with E-state index in [-0.39, 0.29) is 0 Å². The topological polar surface area (TPSA) is 12.5 Å². The summed E-state index contributed by atoms with van der Waals surface area (Å²) in [5.41, 5.74) is 1.60. The Bertz CT molecular complexity index is 330. The zero-order valence-corrected chi connectivity index (χ0v) is 9.76. The first kappa shape index (κ1) is 9.82. The maximum absolute atomic E-state index is 5.41. The van der Waals surface area contributed by atoms with Gasteiger partial charge in [-0.05, 0) is 36.3 Å². The minimum Gasteiger partial charge on any atom is -0.379 e. The van der Waals surface area contributed by atoms with Crippen LogP contribution in [0, 0.1) is 0 Å². The largest absolute Gasteiger partial charge is 0.379 e. The van der Waals surface area contributed by atoms with Crippen LogP contribution in [0.5, 0.6) is 0 Å². The normalized spacial score (nSPS) is 27.6. The van der Waals surface area contributed by atoms with Crippen LogP contribution < -0.4 is 0 Å². The molecule has 82 valence electrons. The summed E-state index contributed by atoms with van der Waals surface area (Å²) >= 11 is 1.93. The molecule has 0 amide bonds. The molecule has 1 saturated heterocycles. The number of hydrogen-bond acceptors (Lipinski definition) is 3. The van der Waals surface area contributed by atoms with E-state index in [4.69, 9.17) is 4.74 Å². The first-order chi connectivity index (χ1) is 7.43. The molecule has 1 aromatic rings. The SMILES string of the molecule is c1cc2c(s1)CCC(N1CCOCC1)C2. The van der Waals surface area contributed by atoms with Crippen molar-refractivity contribution >= 4 is 11.3 Å². The minimum absolute atomic E-state index is 0.774. The second-order valence-electron chi connectivity index (χ2n) is 4.41. The fourth-order valence-corrected chi connectivity index (χ4v) is 3.61. The molecule has 0 spiro atoms. The highest BCUT2D eigenvalue weighted by atomic mass is 32.1. The van der Waals surface area contributed by atoms with E-state index in [1.54, 1.807) is 10.4 Å². The smallest absolute Gasteiger partial charge is 0.0594 e. The highest BCUT2D eigenvalue weighted by Crippen LogP contribution is 2.28. The lowest BCUT2D eigenvalue weighted by atomic mass is 9.93. The van der Waals surface area contributed by atoms with Crippen molar-refractivity contribution in [1.29, 1.82) is 0 Å². The van der Waals surface area contributed by atoms with Crippen LogP contribution >= 0.6 is 11.3 Å². The molecular weight excluding hydrogens is 206 g/mol. The van der Waals surface area contributed by atoms with Gasteiger partial charge in [-0.15, -0.1) is 11.3 Å². The van der Waals surface area contributed by atoms with Crippen molar-refractivity contribution in [1.82, 2.24) is 4.90 Å². The molecule has 1 aromatic heterocycles. The summed E-state index contributed by atoms with van der Waals surface area (Å²) in [7, 11) is 0. The summed E-state index contributed by atoms with van der Waals surface area (Å²) in [5.74, 6) is 0. The Balaban J connectivity index is 1.69. The average molecular weight is 223 g/mol. The maximum Gasteiger partial charge on any atom is 0.0594 e. The van der Waals surface area contributed by atoms with Crippen LogP contribution in [0.15, 0.2) is 11.4 Å². The molecule has 2 nitrogen and oxygen atoms in total. The predicted octanol–water partition coefficient (Wildman–Crippen LogP) is 1.94. The molecule has 0 radical (unpaired) electrons. The van der Waals surface area contributed by atoms with Gasteiger partial charge in [0.05, 0.1) is 13.2 Å². The molecule has 3 heteroatoms. The van der Waals surface area contributed by atoms with Crippen molar-refractivity contribution in [3.63, 3.8) is 0 Å². The summed E-state index contributed by atoms with van der Waals surface area (Å²) in [6.07, 6.45) is 3.89. The van der Waals surface area contributed by atoms with Gasteiger partial charge in [0.1, 0.15) is 0 Å². The predicted molar refractivity (Wildman–Crippen MR) is 62.5 cm³/mol. The van der Waals surface area contributed by atoms with E-state index in [1.165, 1.54) is 19.3 Å². The highest BCUT2D eigenvalue weighted by molar-refractivity contribution is 7.10. The maximum atomic E-state index is 5.41. The molecule has 2 heterocycles. The fraction of sp³-hybridized carbons (Fsp3) is 0.667. The van der Waals surface area contributed by atoms with Crippen LogP contribution in [-0.2, 0) is 17.6 Å². The lowest BCUT2D eigenvalue weighted by Crippen LogP contribution is -2.45. The second kappa shape index (κ2) is 4.24. The van der Waals surface area contributed by atoms with E-state index in [0.29, 0.717) is 0 Å². The number of fused-ring (bicyclic) bond motifs is 1. The zero-order chi connectivity index (χ0) is 10.1. The van der Waals surface area contributed by atoms with E-state index in [2.05, 4.69) is 16.3 Å². The Kier molecular flexibility index (Phi) is 2.77. The van der Waals surface area contributed by atoms with Crippen molar-refractivity contribution in [2.45, 2.75) is 25.3 Å². The molecule has 1 aliphatic heterocycles. The van der Waals surface area contributed by atoms with Crippen molar-refractivity contribution in [3.8, 4) is 0 Å². The first-order valence-corrected chi connectivity index (χ1v) is 6.68. The van der Waals surface area contributed by atoms with Gasteiger partial charge >= 0.3 is 0 Å². The lowest BCUT2D eigenvalue weighted by molar-refractivity contribution is 0.0138. The summed E-state index contributed by atoms with van der Waals surface area (Å²) in [5, 5.41) is 2.24. The fourth-order valence-electron chi connectivity index (χ4n) is 2.68. The monoisotopic (exact) mass is 223 g/mol. The highest BCUT2D eigenvalue weighted by Gasteiger charge is 2.25.